The molecule has 1 amide bonds. The molecule has 2 N–H and O–H groups in total. The quantitative estimate of drug-likeness (QED) is 0.423. The number of piperazine rings is 1. The lowest BCUT2D eigenvalue weighted by Gasteiger charge is -2.35. The first-order valence-corrected chi connectivity index (χ1v) is 13.8. The van der Waals surface area contributed by atoms with E-state index in [-0.39, 0.29) is 45.5 Å². The van der Waals surface area contributed by atoms with Crippen LogP contribution in [0, 0.1) is 18.3 Å². The summed E-state index contributed by atoms with van der Waals surface area (Å²) in [5.41, 5.74) is 1.41. The fraction of sp³-hybridized carbons (Fsp3) is 0.231. The first-order valence-electron chi connectivity index (χ1n) is 11.6. The van der Waals surface area contributed by atoms with Crippen LogP contribution in [0.5, 0.6) is 0 Å². The number of carbonyl (C=O) groups excluding carboxylic acids is 2. The highest BCUT2D eigenvalue weighted by Crippen LogP contribution is 2.30. The fourth-order valence-corrected chi connectivity index (χ4v) is 7.03. The van der Waals surface area contributed by atoms with E-state index in [4.69, 9.17) is 5.26 Å². The van der Waals surface area contributed by atoms with E-state index in [1.807, 2.05) is 23.1 Å². The number of nitrogens with zero attached hydrogens (tertiary/aromatic N) is 3. The molecule has 1 aliphatic heterocycles. The number of amides is 1. The van der Waals surface area contributed by atoms with Crippen LogP contribution in [0.1, 0.15) is 47.8 Å². The zero-order valence-electron chi connectivity index (χ0n) is 20.6. The number of carboxylic acids is 1. The van der Waals surface area contributed by atoms with Crippen LogP contribution in [0.3, 0.4) is 0 Å². The summed E-state index contributed by atoms with van der Waals surface area (Å²) < 4.78 is 28.2. The van der Waals surface area contributed by atoms with Gasteiger partial charge in [0.2, 0.25) is 10.0 Å². The molecule has 0 spiro atoms. The summed E-state index contributed by atoms with van der Waals surface area (Å²) in [6, 6.07) is 14.2. The Kier molecular flexibility index (Phi) is 7.63. The summed E-state index contributed by atoms with van der Waals surface area (Å²) >= 11 is 1.000. The van der Waals surface area contributed by atoms with Crippen molar-refractivity contribution in [2.75, 3.05) is 36.4 Å². The van der Waals surface area contributed by atoms with E-state index in [1.165, 1.54) is 29.4 Å². The number of benzene rings is 2. The molecule has 0 unspecified atom stereocenters. The second kappa shape index (κ2) is 10.7. The Morgan fingerprint density at radius 3 is 2.26 bits per heavy atom. The Morgan fingerprint density at radius 2 is 1.68 bits per heavy atom. The van der Waals surface area contributed by atoms with Crippen molar-refractivity contribution in [3.05, 3.63) is 75.0 Å². The number of carbonyl (C=O) groups is 3. The minimum atomic E-state index is -3.87. The lowest BCUT2D eigenvalue weighted by Crippen LogP contribution is -2.48. The van der Waals surface area contributed by atoms with Gasteiger partial charge in [-0.15, -0.1) is 11.3 Å². The van der Waals surface area contributed by atoms with Crippen molar-refractivity contribution in [1.82, 2.24) is 4.31 Å². The van der Waals surface area contributed by atoms with Gasteiger partial charge in [0.05, 0.1) is 32.7 Å². The highest BCUT2D eigenvalue weighted by atomic mass is 32.2. The average Bonchev–Trinajstić information content (AvgIpc) is 3.31. The SMILES string of the molecule is CC(=O)c1ccc(N2CCN(S(=O)(=O)c3cc(C(=O)Nc4ccc(C#N)cc4C(=O)O)sc3C)CC2)cc1. The van der Waals surface area contributed by atoms with Crippen molar-refractivity contribution in [2.24, 2.45) is 0 Å². The van der Waals surface area contributed by atoms with E-state index >= 15 is 0 Å². The van der Waals surface area contributed by atoms with Crippen molar-refractivity contribution in [2.45, 2.75) is 18.7 Å². The Bertz CT molecular complexity index is 1560. The molecule has 10 nitrogen and oxygen atoms in total. The molecule has 38 heavy (non-hydrogen) atoms. The predicted octanol–water partition coefficient (Wildman–Crippen LogP) is 3.59. The van der Waals surface area contributed by atoms with Gasteiger partial charge in [0, 0.05) is 42.3 Å². The van der Waals surface area contributed by atoms with Gasteiger partial charge in [0.15, 0.2) is 5.78 Å². The second-order valence-electron chi connectivity index (χ2n) is 8.66. The minimum absolute atomic E-state index is 0.00409. The van der Waals surface area contributed by atoms with Crippen LogP contribution in [0.2, 0.25) is 0 Å². The van der Waals surface area contributed by atoms with E-state index in [9.17, 15) is 27.9 Å². The van der Waals surface area contributed by atoms with Crippen LogP contribution in [-0.4, -0.2) is 61.7 Å². The number of carboxylic acid groups (broad SMARTS) is 1. The number of rotatable bonds is 7. The third kappa shape index (κ3) is 5.45. The maximum absolute atomic E-state index is 13.4. The van der Waals surface area contributed by atoms with Crippen LogP contribution < -0.4 is 10.2 Å². The number of Topliss-reactive ketones (excluding diaryl/α,β-unsaturated/α-hetero) is 1. The lowest BCUT2D eigenvalue weighted by atomic mass is 10.1. The molecule has 2 heterocycles. The van der Waals surface area contributed by atoms with Crippen molar-refractivity contribution < 1.29 is 27.9 Å². The molecule has 2 aromatic carbocycles. The molecule has 0 bridgehead atoms. The van der Waals surface area contributed by atoms with Gasteiger partial charge < -0.3 is 15.3 Å². The maximum Gasteiger partial charge on any atom is 0.337 e. The molecule has 0 saturated carbocycles. The van der Waals surface area contributed by atoms with Crippen molar-refractivity contribution in [1.29, 1.82) is 5.26 Å². The monoisotopic (exact) mass is 552 g/mol. The highest BCUT2D eigenvalue weighted by Gasteiger charge is 2.32. The van der Waals surface area contributed by atoms with Gasteiger partial charge in [-0.25, -0.2) is 13.2 Å². The molecule has 3 aromatic rings. The molecule has 12 heteroatoms. The van der Waals surface area contributed by atoms with E-state index in [0.717, 1.165) is 23.1 Å². The van der Waals surface area contributed by atoms with Crippen LogP contribution in [0.4, 0.5) is 11.4 Å². The summed E-state index contributed by atoms with van der Waals surface area (Å²) in [6.07, 6.45) is 0. The van der Waals surface area contributed by atoms with Crippen molar-refractivity contribution >= 4 is 50.4 Å². The predicted molar refractivity (Wildman–Crippen MR) is 143 cm³/mol. The zero-order chi connectivity index (χ0) is 27.6. The smallest absolute Gasteiger partial charge is 0.337 e. The van der Waals surface area contributed by atoms with E-state index in [2.05, 4.69) is 5.32 Å². The first-order chi connectivity index (χ1) is 18.0. The molecule has 0 atom stereocenters. The molecule has 0 aliphatic carbocycles. The van der Waals surface area contributed by atoms with E-state index < -0.39 is 21.9 Å². The number of aryl methyl sites for hydroxylation is 1. The normalized spacial score (nSPS) is 14.1. The third-order valence-corrected chi connectivity index (χ3v) is 9.42. The van der Waals surface area contributed by atoms with Gasteiger partial charge in [-0.3, -0.25) is 9.59 Å². The fourth-order valence-electron chi connectivity index (χ4n) is 4.15. The van der Waals surface area contributed by atoms with Gasteiger partial charge in [0.25, 0.3) is 5.91 Å². The Balaban J connectivity index is 1.48. The summed E-state index contributed by atoms with van der Waals surface area (Å²) in [5.74, 6) is -1.98. The van der Waals surface area contributed by atoms with Crippen LogP contribution in [-0.2, 0) is 10.0 Å². The van der Waals surface area contributed by atoms with Gasteiger partial charge in [0.1, 0.15) is 0 Å². The largest absolute Gasteiger partial charge is 0.478 e. The number of hydrogen-bond donors (Lipinski definition) is 2. The molecule has 0 radical (unpaired) electrons. The van der Waals surface area contributed by atoms with Crippen LogP contribution in [0.15, 0.2) is 53.4 Å². The van der Waals surface area contributed by atoms with E-state index in [0.29, 0.717) is 23.5 Å². The van der Waals surface area contributed by atoms with Crippen molar-refractivity contribution in [3.63, 3.8) is 0 Å². The molecule has 196 valence electrons. The van der Waals surface area contributed by atoms with Gasteiger partial charge in [-0.2, -0.15) is 9.57 Å². The molecular formula is C26H24N4O6S2. The number of nitrogens with one attached hydrogen (secondary N) is 1. The highest BCUT2D eigenvalue weighted by molar-refractivity contribution is 7.89. The molecular weight excluding hydrogens is 528 g/mol. The summed E-state index contributed by atoms with van der Waals surface area (Å²) in [4.78, 5) is 38.6. The van der Waals surface area contributed by atoms with Gasteiger partial charge in [-0.05, 0) is 62.4 Å². The third-order valence-electron chi connectivity index (χ3n) is 6.22. The second-order valence-corrected chi connectivity index (χ2v) is 11.8. The van der Waals surface area contributed by atoms with Crippen LogP contribution in [0.25, 0.3) is 0 Å². The number of aromatic carboxylic acids is 1. The van der Waals surface area contributed by atoms with E-state index in [1.54, 1.807) is 19.1 Å². The lowest BCUT2D eigenvalue weighted by molar-refractivity contribution is 0.0697. The Hall–Kier alpha value is -4.05. The molecule has 1 saturated heterocycles. The number of nitriles is 1. The number of hydrogen-bond acceptors (Lipinski definition) is 8. The Morgan fingerprint density at radius 1 is 1.03 bits per heavy atom. The number of ketones is 1. The first kappa shape index (κ1) is 27.0. The number of thiophene rings is 1. The summed E-state index contributed by atoms with van der Waals surface area (Å²) in [6.45, 7) is 4.55. The number of anilines is 2. The summed E-state index contributed by atoms with van der Waals surface area (Å²) in [5, 5.41) is 21.0. The Labute approximate surface area is 223 Å². The molecule has 1 fully saturated rings. The van der Waals surface area contributed by atoms with Gasteiger partial charge in [-0.1, -0.05) is 0 Å². The summed E-state index contributed by atoms with van der Waals surface area (Å²) in [7, 11) is -3.87. The maximum atomic E-state index is 13.4. The molecule has 1 aromatic heterocycles. The van der Waals surface area contributed by atoms with Crippen molar-refractivity contribution in [3.8, 4) is 6.07 Å². The zero-order valence-corrected chi connectivity index (χ0v) is 22.2. The molecule has 1 aliphatic rings. The standard InChI is InChI=1S/C26H24N4O6S2/c1-16(31)19-4-6-20(7-5-19)29-9-11-30(12-10-29)38(35,36)24-14-23(37-17(24)2)25(32)28-22-8-3-18(15-27)13-21(22)26(33)34/h3-8,13-14H,9-12H2,1-2H3,(H,28,32)(H,33,34). The number of sulfonamides is 1. The van der Waals surface area contributed by atoms with Gasteiger partial charge >= 0.3 is 5.97 Å². The topological polar surface area (TPSA) is 148 Å². The molecule has 4 rings (SSSR count). The minimum Gasteiger partial charge on any atom is -0.478 e. The average molecular weight is 553 g/mol. The van der Waals surface area contributed by atoms with Crippen LogP contribution >= 0.6 is 11.3 Å².